The molecule has 0 saturated carbocycles. The zero-order chi connectivity index (χ0) is 9.42. The molecule has 0 radical (unpaired) electrons. The van der Waals surface area contributed by atoms with Crippen molar-refractivity contribution in [2.75, 3.05) is 0 Å². The van der Waals surface area contributed by atoms with E-state index in [9.17, 15) is 0 Å². The zero-order valence-electron chi connectivity index (χ0n) is 6.66. The van der Waals surface area contributed by atoms with Crippen LogP contribution in [0.4, 0.5) is 0 Å². The second kappa shape index (κ2) is 3.30. The van der Waals surface area contributed by atoms with Crippen LogP contribution >= 0.6 is 34.6 Å². The summed E-state index contributed by atoms with van der Waals surface area (Å²) < 4.78 is 6.90. The number of rotatable bonds is 1. The van der Waals surface area contributed by atoms with Gasteiger partial charge in [0.15, 0.2) is 33.8 Å². The van der Waals surface area contributed by atoms with Crippen molar-refractivity contribution in [3.8, 4) is 5.88 Å². The fourth-order valence-electron chi connectivity index (χ4n) is 1.13. The van der Waals surface area contributed by atoms with E-state index in [4.69, 9.17) is 14.7 Å². The van der Waals surface area contributed by atoms with Gasteiger partial charge in [0.25, 0.3) is 0 Å². The quantitative estimate of drug-likeness (QED) is 0.760. The third-order valence-corrected chi connectivity index (χ3v) is 2.38. The van der Waals surface area contributed by atoms with E-state index in [1.165, 1.54) is 0 Å². The van der Waals surface area contributed by atoms with Crippen molar-refractivity contribution in [1.29, 1.82) is 0 Å². The highest BCUT2D eigenvalue weighted by molar-refractivity contribution is 14.1. The minimum Gasteiger partial charge on any atom is -0.408 e. The third-order valence-electron chi connectivity index (χ3n) is 1.69. The molecule has 13 heavy (non-hydrogen) atoms. The molecule has 2 aromatic rings. The Kier molecular flexibility index (Phi) is 2.29. The lowest BCUT2D eigenvalue weighted by Crippen LogP contribution is -1.88. The molecule has 0 bridgehead atoms. The van der Waals surface area contributed by atoms with Crippen molar-refractivity contribution in [3.63, 3.8) is 0 Å². The van der Waals surface area contributed by atoms with Crippen LogP contribution in [0.5, 0.6) is 5.88 Å². The molecule has 2 heterocycles. The van der Waals surface area contributed by atoms with Crippen LogP contribution < -0.4 is 3.07 Å². The van der Waals surface area contributed by atoms with Gasteiger partial charge in [-0.25, -0.2) is 9.97 Å². The summed E-state index contributed by atoms with van der Waals surface area (Å²) in [4.78, 5) is 8.14. The topological polar surface area (TPSA) is 39.4 Å². The van der Waals surface area contributed by atoms with Gasteiger partial charge in [-0.05, 0) is 6.92 Å². The molecule has 0 spiro atoms. The molecule has 2 aromatic heterocycles. The molecule has 0 amide bonds. The Morgan fingerprint density at radius 1 is 1.62 bits per heavy atom. The Bertz CT molecular complexity index is 456. The van der Waals surface area contributed by atoms with Crippen LogP contribution in [0.15, 0.2) is 12.4 Å². The summed E-state index contributed by atoms with van der Waals surface area (Å²) in [6.45, 7) is 1.86. The van der Waals surface area contributed by atoms with Gasteiger partial charge in [-0.2, -0.15) is 0 Å². The molecule has 0 fully saturated rings. The van der Waals surface area contributed by atoms with Crippen molar-refractivity contribution < 1.29 is 3.07 Å². The lowest BCUT2D eigenvalue weighted by molar-refractivity contribution is 0.663. The highest BCUT2D eigenvalue weighted by Crippen LogP contribution is 2.24. The van der Waals surface area contributed by atoms with Crippen LogP contribution in [0.25, 0.3) is 5.65 Å². The lowest BCUT2D eigenvalue weighted by atomic mass is 10.5. The first kappa shape index (κ1) is 9.01. The first-order valence-corrected chi connectivity index (χ1v) is 4.77. The van der Waals surface area contributed by atoms with E-state index in [2.05, 4.69) is 9.97 Å². The Labute approximate surface area is 93.6 Å². The van der Waals surface area contributed by atoms with Crippen LogP contribution in [0.3, 0.4) is 0 Å². The molecule has 68 valence electrons. The molecule has 0 unspecified atom stereocenters. The molecule has 2 rings (SSSR count). The van der Waals surface area contributed by atoms with Crippen molar-refractivity contribution in [1.82, 2.24) is 14.4 Å². The standard InChI is InChI=1S/C7H5ClIN3O/c1-4-7(13-9)12-3-2-10-5(8)6(12)11-4/h2-3H,1H3. The molecule has 0 N–H and O–H groups in total. The Morgan fingerprint density at radius 3 is 3.08 bits per heavy atom. The van der Waals surface area contributed by atoms with Gasteiger partial charge < -0.3 is 3.07 Å². The summed E-state index contributed by atoms with van der Waals surface area (Å²) >= 11 is 7.66. The van der Waals surface area contributed by atoms with Gasteiger partial charge in [-0.3, -0.25) is 4.40 Å². The van der Waals surface area contributed by atoms with E-state index >= 15 is 0 Å². The van der Waals surface area contributed by atoms with Crippen LogP contribution in [-0.2, 0) is 0 Å². The third kappa shape index (κ3) is 1.35. The van der Waals surface area contributed by atoms with E-state index in [1.54, 1.807) is 16.8 Å². The maximum absolute atomic E-state index is 5.85. The largest absolute Gasteiger partial charge is 0.408 e. The molecule has 0 aliphatic heterocycles. The Balaban J connectivity index is 2.86. The second-order valence-electron chi connectivity index (χ2n) is 2.49. The molecule has 0 saturated heterocycles. The van der Waals surface area contributed by atoms with Crippen molar-refractivity contribution in [3.05, 3.63) is 23.2 Å². The molecule has 0 aliphatic carbocycles. The smallest absolute Gasteiger partial charge is 0.232 e. The molecule has 4 nitrogen and oxygen atoms in total. The molecule has 0 aliphatic rings. The number of halogens is 2. The minimum atomic E-state index is 0.380. The van der Waals surface area contributed by atoms with E-state index in [0.29, 0.717) is 16.7 Å². The SMILES string of the molecule is Cc1nc2c(Cl)nccn2c1OI. The Morgan fingerprint density at radius 2 is 2.38 bits per heavy atom. The van der Waals surface area contributed by atoms with Crippen molar-refractivity contribution >= 4 is 40.3 Å². The summed E-state index contributed by atoms with van der Waals surface area (Å²) in [5, 5.41) is 0.380. The molecule has 6 heteroatoms. The molecule has 0 aromatic carbocycles. The van der Waals surface area contributed by atoms with E-state index in [-0.39, 0.29) is 0 Å². The average molecular weight is 309 g/mol. The molecule has 0 atom stereocenters. The van der Waals surface area contributed by atoms with Gasteiger partial charge in [-0.1, -0.05) is 11.6 Å². The summed E-state index contributed by atoms with van der Waals surface area (Å²) in [5.74, 6) is 0.680. The fourth-order valence-corrected chi connectivity index (χ4v) is 1.85. The van der Waals surface area contributed by atoms with E-state index in [1.807, 2.05) is 29.9 Å². The number of aromatic nitrogens is 3. The average Bonchev–Trinajstić information content (AvgIpc) is 2.43. The van der Waals surface area contributed by atoms with Crippen molar-refractivity contribution in [2.45, 2.75) is 6.92 Å². The van der Waals surface area contributed by atoms with Crippen molar-refractivity contribution in [2.24, 2.45) is 0 Å². The highest BCUT2D eigenvalue weighted by Gasteiger charge is 2.11. The first-order chi connectivity index (χ1) is 6.24. The molecular formula is C7H5ClIN3O. The summed E-state index contributed by atoms with van der Waals surface area (Å²) in [6, 6.07) is 0. The van der Waals surface area contributed by atoms with Gasteiger partial charge in [0.1, 0.15) is 5.69 Å². The predicted molar refractivity (Wildman–Crippen MR) is 57.4 cm³/mol. The van der Waals surface area contributed by atoms with Crippen LogP contribution in [0.1, 0.15) is 5.69 Å². The number of hydrogen-bond acceptors (Lipinski definition) is 3. The number of aryl methyl sites for hydroxylation is 1. The van der Waals surface area contributed by atoms with Gasteiger partial charge >= 0.3 is 0 Å². The maximum Gasteiger partial charge on any atom is 0.232 e. The van der Waals surface area contributed by atoms with Crippen LogP contribution in [0, 0.1) is 6.92 Å². The number of imidazole rings is 1. The zero-order valence-corrected chi connectivity index (χ0v) is 9.57. The predicted octanol–water partition coefficient (Wildman–Crippen LogP) is 2.42. The van der Waals surface area contributed by atoms with Crippen LogP contribution in [0.2, 0.25) is 5.15 Å². The van der Waals surface area contributed by atoms with Gasteiger partial charge in [0.2, 0.25) is 5.88 Å². The number of nitrogens with zero attached hydrogens (tertiary/aromatic N) is 3. The Hall–Kier alpha value is -0.560. The molecular weight excluding hydrogens is 304 g/mol. The number of fused-ring (bicyclic) bond motifs is 1. The monoisotopic (exact) mass is 309 g/mol. The van der Waals surface area contributed by atoms with Gasteiger partial charge in [0, 0.05) is 12.4 Å². The van der Waals surface area contributed by atoms with Gasteiger partial charge in [-0.15, -0.1) is 0 Å². The van der Waals surface area contributed by atoms with Crippen LogP contribution in [-0.4, -0.2) is 14.4 Å². The number of hydrogen-bond donors (Lipinski definition) is 0. The summed E-state index contributed by atoms with van der Waals surface area (Å²) in [6.07, 6.45) is 3.37. The van der Waals surface area contributed by atoms with Gasteiger partial charge in [0.05, 0.1) is 0 Å². The lowest BCUT2D eigenvalue weighted by Gasteiger charge is -1.97. The van der Waals surface area contributed by atoms with E-state index < -0.39 is 0 Å². The summed E-state index contributed by atoms with van der Waals surface area (Å²) in [7, 11) is 0. The maximum atomic E-state index is 5.85. The second-order valence-corrected chi connectivity index (χ2v) is 3.29. The normalized spacial score (nSPS) is 10.7. The summed E-state index contributed by atoms with van der Waals surface area (Å²) in [5.41, 5.74) is 1.41. The minimum absolute atomic E-state index is 0.380. The van der Waals surface area contributed by atoms with E-state index in [0.717, 1.165) is 5.69 Å². The fraction of sp³-hybridized carbons (Fsp3) is 0.143. The highest BCUT2D eigenvalue weighted by atomic mass is 127. The first-order valence-electron chi connectivity index (χ1n) is 3.52.